The van der Waals surface area contributed by atoms with Crippen LogP contribution < -0.4 is 4.74 Å². The fourth-order valence-corrected chi connectivity index (χ4v) is 5.42. The van der Waals surface area contributed by atoms with E-state index < -0.39 is 5.41 Å². The number of ether oxygens (including phenoxy) is 1. The number of phenolic OH excluding ortho intramolecular Hbond substituents is 3. The maximum Gasteiger partial charge on any atom is 0.201 e. The summed E-state index contributed by atoms with van der Waals surface area (Å²) in [5.74, 6) is -0.461. The van der Waals surface area contributed by atoms with E-state index in [4.69, 9.17) is 4.74 Å². The first-order chi connectivity index (χ1) is 21.6. The zero-order valence-corrected chi connectivity index (χ0v) is 29.7. The molecule has 0 saturated carbocycles. The summed E-state index contributed by atoms with van der Waals surface area (Å²) in [5, 5.41) is 32.3. The van der Waals surface area contributed by atoms with Gasteiger partial charge in [0.15, 0.2) is 23.0 Å². The smallest absolute Gasteiger partial charge is 0.201 e. The van der Waals surface area contributed by atoms with E-state index in [-0.39, 0.29) is 34.2 Å². The van der Waals surface area contributed by atoms with Gasteiger partial charge in [-0.3, -0.25) is 0 Å². The van der Waals surface area contributed by atoms with Crippen molar-refractivity contribution in [3.05, 3.63) is 113 Å². The van der Waals surface area contributed by atoms with Crippen molar-refractivity contribution in [2.75, 3.05) is 0 Å². The van der Waals surface area contributed by atoms with Crippen LogP contribution in [0.1, 0.15) is 118 Å². The molecule has 4 nitrogen and oxygen atoms in total. The molecule has 0 saturated heterocycles. The molecule has 0 fully saturated rings. The standard InChI is InChI=1S/C42H58O4/c1-11-41(9,25-15-21-32(7)19-13-17-30(3)4)34-23-24-36(43)38(28-34)46-39-29-35(27-37(44)40(39)45)42(10,12-2)26-16-22-33(8)20-14-18-31(5)6/h11-12,17-18,21-24,27-29,43-45H,1-2,13-16,19-20,25-26H2,3-10H3. The van der Waals surface area contributed by atoms with Gasteiger partial charge in [0.1, 0.15) is 0 Å². The molecule has 2 unspecified atom stereocenters. The first kappa shape index (κ1) is 38.3. The molecule has 2 atom stereocenters. The van der Waals surface area contributed by atoms with Gasteiger partial charge in [-0.25, -0.2) is 0 Å². The van der Waals surface area contributed by atoms with Crippen molar-refractivity contribution in [2.24, 2.45) is 0 Å². The van der Waals surface area contributed by atoms with Gasteiger partial charge < -0.3 is 20.1 Å². The van der Waals surface area contributed by atoms with Crippen molar-refractivity contribution >= 4 is 0 Å². The summed E-state index contributed by atoms with van der Waals surface area (Å²) in [6, 6.07) is 8.57. The molecule has 0 aromatic heterocycles. The van der Waals surface area contributed by atoms with Crippen LogP contribution in [-0.2, 0) is 10.8 Å². The maximum absolute atomic E-state index is 10.8. The molecule has 0 aliphatic carbocycles. The van der Waals surface area contributed by atoms with Crippen LogP contribution in [0.5, 0.6) is 28.7 Å². The predicted octanol–water partition coefficient (Wildman–Crippen LogP) is 12.4. The molecule has 0 radical (unpaired) electrons. The average molecular weight is 627 g/mol. The van der Waals surface area contributed by atoms with Crippen LogP contribution in [0.2, 0.25) is 0 Å². The predicted molar refractivity (Wildman–Crippen MR) is 196 cm³/mol. The highest BCUT2D eigenvalue weighted by molar-refractivity contribution is 5.57. The fraction of sp³-hybridized carbons (Fsp3) is 0.429. The molecule has 2 aromatic carbocycles. The van der Waals surface area contributed by atoms with Crippen molar-refractivity contribution in [1.29, 1.82) is 0 Å². The Morgan fingerprint density at radius 2 is 1.11 bits per heavy atom. The van der Waals surface area contributed by atoms with Gasteiger partial charge in [0.25, 0.3) is 0 Å². The second-order valence-corrected chi connectivity index (χ2v) is 13.7. The van der Waals surface area contributed by atoms with Crippen LogP contribution in [0.15, 0.2) is 102 Å². The van der Waals surface area contributed by atoms with E-state index in [0.29, 0.717) is 0 Å². The minimum Gasteiger partial charge on any atom is -0.504 e. The minimum atomic E-state index is -0.484. The number of benzene rings is 2. The number of phenols is 3. The largest absolute Gasteiger partial charge is 0.504 e. The second kappa shape index (κ2) is 17.7. The molecule has 46 heavy (non-hydrogen) atoms. The SMILES string of the molecule is C=CC(C)(CCC=C(C)CCC=C(C)C)c1ccc(O)c(Oc2cc(C(C)(C=C)CCC=C(C)CCC=C(C)C)cc(O)c2O)c1. The van der Waals surface area contributed by atoms with Gasteiger partial charge in [-0.15, -0.1) is 13.2 Å². The molecule has 0 amide bonds. The summed E-state index contributed by atoms with van der Waals surface area (Å²) >= 11 is 0. The molecule has 250 valence electrons. The van der Waals surface area contributed by atoms with Crippen molar-refractivity contribution in [2.45, 2.75) is 118 Å². The molecule has 0 heterocycles. The summed E-state index contributed by atoms with van der Waals surface area (Å²) in [7, 11) is 0. The van der Waals surface area contributed by atoms with Gasteiger partial charge in [0.05, 0.1) is 0 Å². The van der Waals surface area contributed by atoms with Crippen LogP contribution in [0.4, 0.5) is 0 Å². The van der Waals surface area contributed by atoms with E-state index in [2.05, 4.69) is 92.9 Å². The quantitative estimate of drug-likeness (QED) is 0.114. The summed E-state index contributed by atoms with van der Waals surface area (Å²) in [6.45, 7) is 25.2. The van der Waals surface area contributed by atoms with Crippen LogP contribution in [0, 0.1) is 0 Å². The summed E-state index contributed by atoms with van der Waals surface area (Å²) in [5.41, 5.74) is 6.23. The molecule has 0 aliphatic rings. The van der Waals surface area contributed by atoms with Crippen molar-refractivity contribution in [1.82, 2.24) is 0 Å². The highest BCUT2D eigenvalue weighted by atomic mass is 16.5. The van der Waals surface area contributed by atoms with Gasteiger partial charge in [-0.1, -0.05) is 78.7 Å². The molecule has 0 bridgehead atoms. The number of allylic oxidation sites excluding steroid dienone is 10. The Hall–Kier alpha value is -3.92. The lowest BCUT2D eigenvalue weighted by Gasteiger charge is -2.28. The van der Waals surface area contributed by atoms with E-state index in [1.807, 2.05) is 18.2 Å². The van der Waals surface area contributed by atoms with Gasteiger partial charge in [-0.05, 0) is 128 Å². The zero-order chi connectivity index (χ0) is 34.5. The third-order valence-corrected chi connectivity index (χ3v) is 8.95. The molecule has 2 aromatic rings. The number of hydrogen-bond acceptors (Lipinski definition) is 4. The molecule has 3 N–H and O–H groups in total. The van der Waals surface area contributed by atoms with Crippen LogP contribution in [-0.4, -0.2) is 15.3 Å². The topological polar surface area (TPSA) is 69.9 Å². The van der Waals surface area contributed by atoms with E-state index >= 15 is 0 Å². The van der Waals surface area contributed by atoms with Crippen LogP contribution in [0.25, 0.3) is 0 Å². The van der Waals surface area contributed by atoms with Gasteiger partial charge in [0.2, 0.25) is 5.75 Å². The summed E-state index contributed by atoms with van der Waals surface area (Å²) < 4.78 is 6.13. The molecule has 0 aliphatic heterocycles. The molecule has 2 rings (SSSR count). The fourth-order valence-electron chi connectivity index (χ4n) is 5.42. The lowest BCUT2D eigenvalue weighted by molar-refractivity contribution is 0.359. The summed E-state index contributed by atoms with van der Waals surface area (Å²) in [6.07, 6.45) is 20.4. The Morgan fingerprint density at radius 3 is 1.59 bits per heavy atom. The van der Waals surface area contributed by atoms with Crippen molar-refractivity contribution in [3.8, 4) is 28.7 Å². The lowest BCUT2D eigenvalue weighted by atomic mass is 9.78. The minimum absolute atomic E-state index is 0.0605. The number of aromatic hydroxyl groups is 3. The average Bonchev–Trinajstić information content (AvgIpc) is 2.99. The van der Waals surface area contributed by atoms with Crippen LogP contribution in [0.3, 0.4) is 0 Å². The maximum atomic E-state index is 10.8. The van der Waals surface area contributed by atoms with E-state index in [1.165, 1.54) is 22.3 Å². The van der Waals surface area contributed by atoms with Gasteiger partial charge >= 0.3 is 0 Å². The highest BCUT2D eigenvalue weighted by Crippen LogP contribution is 2.46. The monoisotopic (exact) mass is 626 g/mol. The first-order valence-electron chi connectivity index (χ1n) is 16.6. The zero-order valence-electron chi connectivity index (χ0n) is 29.7. The molecular formula is C42H58O4. The summed E-state index contributed by atoms with van der Waals surface area (Å²) in [4.78, 5) is 0. The highest BCUT2D eigenvalue weighted by Gasteiger charge is 2.27. The Labute approximate surface area is 279 Å². The van der Waals surface area contributed by atoms with Crippen molar-refractivity contribution < 1.29 is 20.1 Å². The third-order valence-electron chi connectivity index (χ3n) is 8.95. The van der Waals surface area contributed by atoms with E-state index in [1.54, 1.807) is 24.3 Å². The third kappa shape index (κ3) is 11.5. The second-order valence-electron chi connectivity index (χ2n) is 13.7. The number of hydrogen-bond donors (Lipinski definition) is 3. The van der Waals surface area contributed by atoms with Crippen LogP contribution >= 0.6 is 0 Å². The first-order valence-corrected chi connectivity index (χ1v) is 16.6. The Kier molecular flexibility index (Phi) is 14.7. The Bertz CT molecular complexity index is 1460. The van der Waals surface area contributed by atoms with Crippen molar-refractivity contribution in [3.63, 3.8) is 0 Å². The Balaban J connectivity index is 2.29. The Morgan fingerprint density at radius 1 is 0.630 bits per heavy atom. The van der Waals surface area contributed by atoms with E-state index in [0.717, 1.165) is 62.5 Å². The normalized spacial score (nSPS) is 14.5. The molecular weight excluding hydrogens is 568 g/mol. The molecule has 4 heteroatoms. The van der Waals surface area contributed by atoms with Gasteiger partial charge in [0, 0.05) is 10.8 Å². The molecule has 0 spiro atoms. The lowest BCUT2D eigenvalue weighted by Crippen LogP contribution is -2.19. The number of rotatable bonds is 18. The van der Waals surface area contributed by atoms with E-state index in [9.17, 15) is 15.3 Å². The van der Waals surface area contributed by atoms with Gasteiger partial charge in [-0.2, -0.15) is 0 Å².